The third-order valence-electron chi connectivity index (χ3n) is 25.8. The summed E-state index contributed by atoms with van der Waals surface area (Å²) in [5, 5.41) is 2.12. The number of para-hydroxylation sites is 4. The van der Waals surface area contributed by atoms with Crippen LogP contribution in [-0.4, -0.2) is 42.0 Å². The summed E-state index contributed by atoms with van der Waals surface area (Å²) >= 11 is 0. The van der Waals surface area contributed by atoms with E-state index in [9.17, 15) is 0 Å². The molecular formula is C120H80N8O2. The molecule has 21 aromatic rings. The van der Waals surface area contributed by atoms with E-state index < -0.39 is 0 Å². The lowest BCUT2D eigenvalue weighted by Crippen LogP contribution is -2.30. The molecule has 4 unspecified atom stereocenters. The van der Waals surface area contributed by atoms with Crippen LogP contribution in [0.4, 0.5) is 22.7 Å². The Morgan fingerprint density at radius 1 is 0.200 bits per heavy atom. The zero-order valence-electron chi connectivity index (χ0n) is 70.6. The van der Waals surface area contributed by atoms with Gasteiger partial charge in [-0.15, -0.1) is 0 Å². The van der Waals surface area contributed by atoms with Crippen LogP contribution in [0.15, 0.2) is 458 Å². The van der Waals surface area contributed by atoms with Crippen LogP contribution in [0.1, 0.15) is 45.6 Å². The van der Waals surface area contributed by atoms with Gasteiger partial charge in [0.15, 0.2) is 34.9 Å². The molecule has 0 N–H and O–H groups in total. The van der Waals surface area contributed by atoms with E-state index in [0.717, 1.165) is 123 Å². The minimum Gasteiger partial charge on any atom is -0.456 e. The first-order chi connectivity index (χ1) is 64.4. The average Bonchev–Trinajstić information content (AvgIpc) is 1.56. The van der Waals surface area contributed by atoms with Gasteiger partial charge in [0, 0.05) is 78.7 Å². The fourth-order valence-corrected chi connectivity index (χ4v) is 19.7. The van der Waals surface area contributed by atoms with Crippen molar-refractivity contribution in [2.75, 3.05) is 9.80 Å². The molecule has 10 nitrogen and oxygen atoms in total. The molecular weight excluding hydrogens is 1590 g/mol. The summed E-state index contributed by atoms with van der Waals surface area (Å²) in [5.74, 6) is 5.31. The van der Waals surface area contributed by atoms with Crippen molar-refractivity contribution in [1.29, 1.82) is 0 Å². The Balaban J connectivity index is 0.000000145. The molecule has 0 fully saturated rings. The highest BCUT2D eigenvalue weighted by Gasteiger charge is 2.46. The van der Waals surface area contributed by atoms with Gasteiger partial charge in [0.1, 0.15) is 22.7 Å². The maximum atomic E-state index is 7.00. The van der Waals surface area contributed by atoms with Crippen molar-refractivity contribution in [2.45, 2.75) is 23.9 Å². The minimum atomic E-state index is 0.0300. The van der Waals surface area contributed by atoms with Crippen LogP contribution in [0.25, 0.3) is 180 Å². The number of fused-ring (bicyclic) bond motifs is 14. The fraction of sp³-hybridized carbons (Fsp3) is 0.0333. The lowest BCUT2D eigenvalue weighted by molar-refractivity contribution is 0.584. The van der Waals surface area contributed by atoms with E-state index in [4.69, 9.17) is 38.7 Å². The molecule has 0 radical (unpaired) electrons. The third-order valence-corrected chi connectivity index (χ3v) is 25.8. The summed E-state index contributed by atoms with van der Waals surface area (Å²) in [6.45, 7) is 0. The maximum Gasteiger partial charge on any atom is 0.167 e. The number of rotatable bonds is 15. The quantitative estimate of drug-likeness (QED) is 0.0984. The molecule has 0 saturated carbocycles. The van der Waals surface area contributed by atoms with E-state index in [2.05, 4.69) is 447 Å². The van der Waals surface area contributed by atoms with Gasteiger partial charge in [-0.1, -0.05) is 382 Å². The van der Waals surface area contributed by atoms with Gasteiger partial charge < -0.3 is 18.6 Å². The molecule has 2 aliphatic heterocycles. The molecule has 4 atom stereocenters. The van der Waals surface area contributed by atoms with Gasteiger partial charge in [0.25, 0.3) is 0 Å². The second kappa shape index (κ2) is 32.8. The standard InChI is InChI=1S/C63H42N4O.C57H38N4O/c1-4-16-41(17-5-1)44-32-34-45(35-33-44)48-24-14-27-51(40-48)67-55-31-11-10-28-52(55)58-56(67)36-37-57-59(58)53-29-15-30-54(60(53)68-57)63-65-61(49-25-12-22-46(38-49)42-18-6-2-7-19-42)64-62(66-63)50-26-13-23-47(39-50)43-20-8-3-9-21-43;1-4-15-37(16-5-1)40-29-31-41(32-30-40)55-58-56(44-23-12-21-42(35-44)38-17-6-2-7-18-38)60-57(59-55)48-27-14-26-47-53-51(62-54(47)48)34-33-50-52(53)46-25-10-11-28-49(46)61(50)45-24-13-22-43(36-45)39-19-8-3-9-20-39/h1-40,56,58H;1-36,50,52H. The number of hydrogen-bond acceptors (Lipinski definition) is 10. The lowest BCUT2D eigenvalue weighted by Gasteiger charge is -2.30. The Hall–Kier alpha value is -17.1. The highest BCUT2D eigenvalue weighted by molar-refractivity contribution is 6.00. The molecule has 4 aromatic heterocycles. The summed E-state index contributed by atoms with van der Waals surface area (Å²) in [4.78, 5) is 36.3. The second-order valence-corrected chi connectivity index (χ2v) is 33.4. The second-order valence-electron chi connectivity index (χ2n) is 33.4. The smallest absolute Gasteiger partial charge is 0.167 e. The van der Waals surface area contributed by atoms with Crippen molar-refractivity contribution in [3.05, 3.63) is 483 Å². The highest BCUT2D eigenvalue weighted by Crippen LogP contribution is 2.57. The largest absolute Gasteiger partial charge is 0.456 e. The number of furan rings is 2. The van der Waals surface area contributed by atoms with Crippen molar-refractivity contribution >= 4 is 56.8 Å². The van der Waals surface area contributed by atoms with Gasteiger partial charge in [-0.25, -0.2) is 29.9 Å². The predicted octanol–water partition coefficient (Wildman–Crippen LogP) is 30.3. The van der Waals surface area contributed by atoms with Crippen LogP contribution in [0.5, 0.6) is 0 Å². The SMILES string of the molecule is C1=CC2C(c3ccccc3N2c2cccc(-c3ccc(-c4ccccc4)cc3)c2)c2c1oc1c(-c3nc(-c4cccc(-c5ccccc5)c4)nc(-c4cccc(-c5ccccc5)c4)n3)cccc21.C1=CC2C(c3ccccc3N2c2cccc(-c3ccccc3)c2)c2c1oc1c(-c3nc(-c4ccc(-c5ccccc5)cc4)nc(-c4cccc(-c5ccccc5)c4)n3)cccc21. The third kappa shape index (κ3) is 14.0. The van der Waals surface area contributed by atoms with E-state index >= 15 is 0 Å². The minimum absolute atomic E-state index is 0.0300. The fourth-order valence-electron chi connectivity index (χ4n) is 19.7. The van der Waals surface area contributed by atoms with E-state index in [1.54, 1.807) is 0 Å². The van der Waals surface area contributed by atoms with Crippen molar-refractivity contribution in [3.63, 3.8) is 0 Å². The Kier molecular flexibility index (Phi) is 19.3. The molecule has 6 heterocycles. The zero-order valence-corrected chi connectivity index (χ0v) is 70.6. The summed E-state index contributed by atoms with van der Waals surface area (Å²) in [7, 11) is 0. The van der Waals surface area contributed by atoms with E-state index in [1.165, 1.54) is 67.0 Å². The molecule has 612 valence electrons. The van der Waals surface area contributed by atoms with E-state index in [-0.39, 0.29) is 23.9 Å². The van der Waals surface area contributed by atoms with Gasteiger partial charge in [-0.3, -0.25) is 0 Å². The van der Waals surface area contributed by atoms with Crippen molar-refractivity contribution in [1.82, 2.24) is 29.9 Å². The summed E-state index contributed by atoms with van der Waals surface area (Å²) in [6, 6.07) is 154. The normalized spacial score (nSPS) is 14.8. The maximum absolute atomic E-state index is 7.00. The number of aromatic nitrogens is 6. The summed E-state index contributed by atoms with van der Waals surface area (Å²) in [5.41, 5.74) is 32.6. The molecule has 0 amide bonds. The van der Waals surface area contributed by atoms with Crippen molar-refractivity contribution in [3.8, 4) is 146 Å². The number of anilines is 4. The summed E-state index contributed by atoms with van der Waals surface area (Å²) < 4.78 is 13.9. The zero-order chi connectivity index (χ0) is 86.0. The molecule has 25 rings (SSSR count). The summed E-state index contributed by atoms with van der Waals surface area (Å²) in [6.07, 6.45) is 8.95. The predicted molar refractivity (Wildman–Crippen MR) is 529 cm³/mol. The molecule has 4 aliphatic rings. The molecule has 17 aromatic carbocycles. The molecule has 0 saturated heterocycles. The van der Waals surface area contributed by atoms with E-state index in [0.29, 0.717) is 34.9 Å². The highest BCUT2D eigenvalue weighted by atomic mass is 16.3. The first kappa shape index (κ1) is 76.6. The van der Waals surface area contributed by atoms with Crippen molar-refractivity contribution < 1.29 is 8.83 Å². The molecule has 10 heteroatoms. The van der Waals surface area contributed by atoms with Gasteiger partial charge in [0.2, 0.25) is 0 Å². The molecule has 0 bridgehead atoms. The van der Waals surface area contributed by atoms with Crippen LogP contribution < -0.4 is 9.80 Å². The van der Waals surface area contributed by atoms with Crippen molar-refractivity contribution in [2.24, 2.45) is 0 Å². The Morgan fingerprint density at radius 3 is 0.808 bits per heavy atom. The lowest BCUT2D eigenvalue weighted by atomic mass is 9.82. The number of hydrogen-bond donors (Lipinski definition) is 0. The van der Waals surface area contributed by atoms with Gasteiger partial charge in [0.05, 0.1) is 23.2 Å². The monoisotopic (exact) mass is 1660 g/mol. The molecule has 0 spiro atoms. The Morgan fingerprint density at radius 2 is 0.454 bits per heavy atom. The van der Waals surface area contributed by atoms with Crippen LogP contribution in [0.3, 0.4) is 0 Å². The van der Waals surface area contributed by atoms with E-state index in [1.807, 2.05) is 24.3 Å². The topological polar surface area (TPSA) is 110 Å². The van der Waals surface area contributed by atoms with Gasteiger partial charge in [-0.05, 0) is 168 Å². The van der Waals surface area contributed by atoms with Crippen LogP contribution in [0.2, 0.25) is 0 Å². The first-order valence-electron chi connectivity index (χ1n) is 44.2. The first-order valence-corrected chi connectivity index (χ1v) is 44.2. The van der Waals surface area contributed by atoms with Crippen LogP contribution in [-0.2, 0) is 0 Å². The van der Waals surface area contributed by atoms with Crippen LogP contribution >= 0.6 is 0 Å². The van der Waals surface area contributed by atoms with Gasteiger partial charge in [-0.2, -0.15) is 0 Å². The number of benzene rings is 17. The average molecular weight is 1670 g/mol. The molecule has 130 heavy (non-hydrogen) atoms. The Labute approximate surface area is 753 Å². The molecule has 2 aliphatic carbocycles. The van der Waals surface area contributed by atoms with Crippen LogP contribution in [0, 0.1) is 0 Å². The Bertz CT molecular complexity index is 7830. The number of nitrogens with zero attached hydrogens (tertiary/aromatic N) is 8. The van der Waals surface area contributed by atoms with Gasteiger partial charge >= 0.3 is 0 Å².